The van der Waals surface area contributed by atoms with Crippen molar-refractivity contribution in [1.29, 1.82) is 0 Å². The van der Waals surface area contributed by atoms with Gasteiger partial charge in [0.1, 0.15) is 0 Å². The maximum atomic E-state index is 10.9. The van der Waals surface area contributed by atoms with Gasteiger partial charge in [0, 0.05) is 16.6 Å². The van der Waals surface area contributed by atoms with Gasteiger partial charge in [-0.3, -0.25) is 10.1 Å². The van der Waals surface area contributed by atoms with Crippen molar-refractivity contribution in [3.8, 4) is 5.69 Å². The second-order valence-electron chi connectivity index (χ2n) is 4.52. The summed E-state index contributed by atoms with van der Waals surface area (Å²) in [5.74, 6) is 0.602. The molecule has 21 heavy (non-hydrogen) atoms. The molecule has 0 saturated heterocycles. The number of rotatable bonds is 6. The van der Waals surface area contributed by atoms with Crippen LogP contribution in [0, 0.1) is 10.1 Å². The first-order chi connectivity index (χ1) is 10.0. The zero-order chi connectivity index (χ0) is 15.4. The van der Waals surface area contributed by atoms with E-state index in [4.69, 9.17) is 0 Å². The minimum absolute atomic E-state index is 0.0104. The number of aromatic nitrogens is 4. The molecule has 1 heterocycles. The Morgan fingerprint density at radius 3 is 2.95 bits per heavy atom. The Balaban J connectivity index is 2.41. The Hall–Kier alpha value is -1.87. The Kier molecular flexibility index (Phi) is 4.97. The average molecular weight is 355 g/mol. The molecule has 0 aliphatic rings. The summed E-state index contributed by atoms with van der Waals surface area (Å²) in [5, 5.41) is 25.8. The van der Waals surface area contributed by atoms with Crippen LogP contribution in [0.25, 0.3) is 5.69 Å². The highest BCUT2D eigenvalue weighted by atomic mass is 79.9. The van der Waals surface area contributed by atoms with E-state index in [1.807, 2.05) is 6.92 Å². The van der Waals surface area contributed by atoms with Crippen LogP contribution in [0.1, 0.15) is 32.1 Å². The molecule has 8 nitrogen and oxygen atoms in total. The molecule has 1 atom stereocenters. The largest absolute Gasteiger partial charge is 0.307 e. The topological polar surface area (TPSA) is 98.8 Å². The first-order valence-electron chi connectivity index (χ1n) is 6.50. The van der Waals surface area contributed by atoms with Gasteiger partial charge in [-0.2, -0.15) is 4.68 Å². The summed E-state index contributed by atoms with van der Waals surface area (Å²) in [7, 11) is 0. The average Bonchev–Trinajstić information content (AvgIpc) is 2.94. The Morgan fingerprint density at radius 2 is 2.29 bits per heavy atom. The van der Waals surface area contributed by atoms with E-state index in [0.29, 0.717) is 16.0 Å². The number of halogens is 1. The molecule has 2 aromatic rings. The van der Waals surface area contributed by atoms with E-state index in [1.54, 1.807) is 6.07 Å². The smallest absolute Gasteiger partial charge is 0.271 e. The fraction of sp³-hybridized carbons (Fsp3) is 0.417. The Bertz CT molecular complexity index is 644. The molecule has 1 aromatic carbocycles. The van der Waals surface area contributed by atoms with Crippen LogP contribution in [0.3, 0.4) is 0 Å². The van der Waals surface area contributed by atoms with Crippen LogP contribution in [0.15, 0.2) is 22.7 Å². The molecule has 112 valence electrons. The third-order valence-electron chi connectivity index (χ3n) is 2.95. The summed E-state index contributed by atoms with van der Waals surface area (Å²) in [6.07, 6.45) is 0.992. The van der Waals surface area contributed by atoms with Crippen molar-refractivity contribution in [3.05, 3.63) is 38.6 Å². The first kappa shape index (κ1) is 15.5. The molecular weight excluding hydrogens is 340 g/mol. The van der Waals surface area contributed by atoms with Crippen molar-refractivity contribution >= 4 is 21.6 Å². The number of nitrogens with one attached hydrogen (secondary N) is 1. The van der Waals surface area contributed by atoms with Gasteiger partial charge in [-0.1, -0.05) is 6.92 Å². The minimum Gasteiger partial charge on any atom is -0.307 e. The van der Waals surface area contributed by atoms with Crippen LogP contribution >= 0.6 is 15.9 Å². The number of non-ortho nitro benzene ring substituents is 1. The summed E-state index contributed by atoms with van der Waals surface area (Å²) < 4.78 is 2.19. The SMILES string of the molecule is CCCNC(C)c1nnnn1-c1cc([N+](=O)[O-])ccc1Br. The lowest BCUT2D eigenvalue weighted by atomic mass is 10.2. The molecule has 2 rings (SSSR count). The fourth-order valence-corrected chi connectivity index (χ4v) is 2.28. The third kappa shape index (κ3) is 3.42. The van der Waals surface area contributed by atoms with Gasteiger partial charge in [0.2, 0.25) is 0 Å². The fourth-order valence-electron chi connectivity index (χ4n) is 1.86. The Labute approximate surface area is 129 Å². The highest BCUT2D eigenvalue weighted by molar-refractivity contribution is 9.10. The van der Waals surface area contributed by atoms with E-state index in [9.17, 15) is 10.1 Å². The zero-order valence-electron chi connectivity index (χ0n) is 11.7. The lowest BCUT2D eigenvalue weighted by molar-refractivity contribution is -0.384. The van der Waals surface area contributed by atoms with Gasteiger partial charge in [-0.25, -0.2) is 0 Å². The van der Waals surface area contributed by atoms with Crippen molar-refractivity contribution in [3.63, 3.8) is 0 Å². The minimum atomic E-state index is -0.446. The number of nitro groups is 1. The predicted octanol–water partition coefficient (Wildman–Crippen LogP) is 2.39. The predicted molar refractivity (Wildman–Crippen MR) is 80.2 cm³/mol. The van der Waals surface area contributed by atoms with Gasteiger partial charge in [-0.15, -0.1) is 5.10 Å². The molecule has 1 unspecified atom stereocenters. The van der Waals surface area contributed by atoms with Crippen molar-refractivity contribution in [2.24, 2.45) is 0 Å². The normalized spacial score (nSPS) is 12.3. The molecule has 9 heteroatoms. The first-order valence-corrected chi connectivity index (χ1v) is 7.29. The maximum absolute atomic E-state index is 10.9. The molecule has 0 fully saturated rings. The van der Waals surface area contributed by atoms with Crippen molar-refractivity contribution < 1.29 is 4.92 Å². The summed E-state index contributed by atoms with van der Waals surface area (Å²) >= 11 is 3.38. The summed E-state index contributed by atoms with van der Waals surface area (Å²) in [5.41, 5.74) is 0.526. The second kappa shape index (κ2) is 6.72. The van der Waals surface area contributed by atoms with Crippen molar-refractivity contribution in [2.75, 3.05) is 6.54 Å². The van der Waals surface area contributed by atoms with E-state index in [0.717, 1.165) is 13.0 Å². The van der Waals surface area contributed by atoms with Gasteiger partial charge in [0.05, 0.1) is 16.7 Å². The van der Waals surface area contributed by atoms with Crippen molar-refractivity contribution in [2.45, 2.75) is 26.3 Å². The molecule has 0 amide bonds. The van der Waals surface area contributed by atoms with E-state index in [1.165, 1.54) is 16.8 Å². The second-order valence-corrected chi connectivity index (χ2v) is 5.37. The molecule has 1 N–H and O–H groups in total. The molecule has 0 saturated carbocycles. The Morgan fingerprint density at radius 1 is 1.52 bits per heavy atom. The highest BCUT2D eigenvalue weighted by Crippen LogP contribution is 2.27. The molecule has 0 radical (unpaired) electrons. The monoisotopic (exact) mass is 354 g/mol. The molecule has 1 aromatic heterocycles. The van der Waals surface area contributed by atoms with Crippen LogP contribution in [0.5, 0.6) is 0 Å². The van der Waals surface area contributed by atoms with E-state index < -0.39 is 4.92 Å². The third-order valence-corrected chi connectivity index (χ3v) is 3.62. The summed E-state index contributed by atoms with van der Waals surface area (Å²) in [4.78, 5) is 10.5. The van der Waals surface area contributed by atoms with Gasteiger partial charge < -0.3 is 5.32 Å². The van der Waals surface area contributed by atoms with Gasteiger partial charge in [0.15, 0.2) is 5.82 Å². The van der Waals surface area contributed by atoms with Gasteiger partial charge >= 0.3 is 0 Å². The number of hydrogen-bond acceptors (Lipinski definition) is 6. The molecule has 0 aliphatic heterocycles. The number of benzene rings is 1. The molecule has 0 aliphatic carbocycles. The van der Waals surface area contributed by atoms with Crippen LogP contribution in [-0.4, -0.2) is 31.7 Å². The maximum Gasteiger partial charge on any atom is 0.271 e. The van der Waals surface area contributed by atoms with E-state index >= 15 is 0 Å². The van der Waals surface area contributed by atoms with Crippen LogP contribution < -0.4 is 5.32 Å². The number of tetrazole rings is 1. The molecular formula is C12H15BrN6O2. The number of nitrogens with zero attached hydrogens (tertiary/aromatic N) is 5. The van der Waals surface area contributed by atoms with E-state index in [2.05, 4.69) is 43.7 Å². The summed E-state index contributed by atoms with van der Waals surface area (Å²) in [6.45, 7) is 4.85. The standard InChI is InChI=1S/C12H15BrN6O2/c1-3-6-14-8(2)12-15-16-17-18(12)11-7-9(19(20)21)4-5-10(11)13/h4-5,7-8,14H,3,6H2,1-2H3. The summed E-state index contributed by atoms with van der Waals surface area (Å²) in [6, 6.07) is 4.42. The van der Waals surface area contributed by atoms with Crippen LogP contribution in [0.2, 0.25) is 0 Å². The number of nitro benzene ring substituents is 1. The lowest BCUT2D eigenvalue weighted by Gasteiger charge is -2.13. The van der Waals surface area contributed by atoms with Gasteiger partial charge in [0.25, 0.3) is 5.69 Å². The van der Waals surface area contributed by atoms with Crippen LogP contribution in [-0.2, 0) is 0 Å². The van der Waals surface area contributed by atoms with Gasteiger partial charge in [-0.05, 0) is 52.3 Å². The van der Waals surface area contributed by atoms with Crippen LogP contribution in [0.4, 0.5) is 5.69 Å². The lowest BCUT2D eigenvalue weighted by Crippen LogP contribution is -2.22. The molecule has 0 bridgehead atoms. The highest BCUT2D eigenvalue weighted by Gasteiger charge is 2.19. The number of hydrogen-bond donors (Lipinski definition) is 1. The molecule has 0 spiro atoms. The van der Waals surface area contributed by atoms with E-state index in [-0.39, 0.29) is 11.7 Å². The zero-order valence-corrected chi connectivity index (χ0v) is 13.2. The quantitative estimate of drug-likeness (QED) is 0.631. The van der Waals surface area contributed by atoms with Crippen molar-refractivity contribution in [1.82, 2.24) is 25.5 Å².